The highest BCUT2D eigenvalue weighted by atomic mass is 16.4. The number of carboxylic acids is 1. The van der Waals surface area contributed by atoms with Crippen LogP contribution in [0.25, 0.3) is 0 Å². The second-order valence-electron chi connectivity index (χ2n) is 5.63. The third-order valence-corrected chi connectivity index (χ3v) is 3.80. The number of nitrogens with zero attached hydrogens (tertiary/aromatic N) is 1. The van der Waals surface area contributed by atoms with Gasteiger partial charge in [-0.2, -0.15) is 0 Å². The van der Waals surface area contributed by atoms with Crippen LogP contribution in [-0.4, -0.2) is 35.6 Å². The average molecular weight is 292 g/mol. The molecule has 21 heavy (non-hydrogen) atoms. The Balaban J connectivity index is 2.90. The molecule has 0 aliphatic carbocycles. The van der Waals surface area contributed by atoms with Gasteiger partial charge in [-0.1, -0.05) is 57.0 Å². The highest BCUT2D eigenvalue weighted by molar-refractivity contribution is 5.80. The first-order chi connectivity index (χ1) is 10.0. The van der Waals surface area contributed by atoms with Gasteiger partial charge in [0.15, 0.2) is 5.54 Å². The van der Waals surface area contributed by atoms with Gasteiger partial charge in [-0.25, -0.2) is 4.79 Å². The van der Waals surface area contributed by atoms with E-state index < -0.39 is 11.5 Å². The first kappa shape index (κ1) is 17.7. The minimum atomic E-state index is -1.34. The van der Waals surface area contributed by atoms with Crippen LogP contribution in [0.3, 0.4) is 0 Å². The molecule has 1 aromatic rings. The zero-order valence-electron chi connectivity index (χ0n) is 13.2. The van der Waals surface area contributed by atoms with Crippen molar-refractivity contribution in [2.45, 2.75) is 45.1 Å². The summed E-state index contributed by atoms with van der Waals surface area (Å²) in [4.78, 5) is 13.9. The van der Waals surface area contributed by atoms with Crippen molar-refractivity contribution in [2.24, 2.45) is 5.73 Å². The molecule has 1 aromatic carbocycles. The largest absolute Gasteiger partial charge is 0.480 e. The predicted octanol–water partition coefficient (Wildman–Crippen LogP) is 2.83. The van der Waals surface area contributed by atoms with E-state index >= 15 is 0 Å². The van der Waals surface area contributed by atoms with Crippen LogP contribution >= 0.6 is 0 Å². The Hall–Kier alpha value is -1.39. The highest BCUT2D eigenvalue weighted by Gasteiger charge is 2.37. The predicted molar refractivity (Wildman–Crippen MR) is 86.2 cm³/mol. The maximum Gasteiger partial charge on any atom is 0.329 e. The molecule has 0 saturated carbocycles. The summed E-state index contributed by atoms with van der Waals surface area (Å²) in [6, 6.07) is 9.14. The zero-order valence-corrected chi connectivity index (χ0v) is 13.2. The normalized spacial score (nSPS) is 14.1. The van der Waals surface area contributed by atoms with E-state index in [-0.39, 0.29) is 0 Å². The minimum absolute atomic E-state index is 0.354. The number of benzene rings is 1. The molecule has 0 bridgehead atoms. The second-order valence-corrected chi connectivity index (χ2v) is 5.63. The van der Waals surface area contributed by atoms with Crippen molar-refractivity contribution in [3.63, 3.8) is 0 Å². The Kier molecular flexibility index (Phi) is 7.40. The van der Waals surface area contributed by atoms with Crippen LogP contribution < -0.4 is 5.73 Å². The van der Waals surface area contributed by atoms with E-state index in [9.17, 15) is 9.90 Å². The molecule has 1 unspecified atom stereocenters. The van der Waals surface area contributed by atoms with Crippen LogP contribution in [0.4, 0.5) is 0 Å². The summed E-state index contributed by atoms with van der Waals surface area (Å²) in [5.41, 5.74) is 5.58. The lowest BCUT2D eigenvalue weighted by Crippen LogP contribution is -2.53. The number of aliphatic carboxylic acids is 1. The summed E-state index contributed by atoms with van der Waals surface area (Å²) in [6.45, 7) is 6.43. The minimum Gasteiger partial charge on any atom is -0.480 e. The summed E-state index contributed by atoms with van der Waals surface area (Å²) >= 11 is 0. The van der Waals surface area contributed by atoms with Crippen LogP contribution in [0.1, 0.15) is 45.1 Å². The highest BCUT2D eigenvalue weighted by Crippen LogP contribution is 2.20. The van der Waals surface area contributed by atoms with Crippen molar-refractivity contribution in [3.05, 3.63) is 35.9 Å². The topological polar surface area (TPSA) is 66.6 Å². The van der Waals surface area contributed by atoms with Crippen molar-refractivity contribution >= 4 is 5.97 Å². The lowest BCUT2D eigenvalue weighted by molar-refractivity contribution is -0.144. The van der Waals surface area contributed by atoms with Crippen LogP contribution in [0.5, 0.6) is 0 Å². The number of hydrogen-bond donors (Lipinski definition) is 2. The van der Waals surface area contributed by atoms with E-state index in [1.807, 2.05) is 18.2 Å². The molecule has 0 aromatic heterocycles. The maximum atomic E-state index is 11.8. The van der Waals surface area contributed by atoms with Gasteiger partial charge in [0.1, 0.15) is 0 Å². The molecule has 0 radical (unpaired) electrons. The summed E-state index contributed by atoms with van der Waals surface area (Å²) in [7, 11) is 0. The van der Waals surface area contributed by atoms with Gasteiger partial charge in [0.05, 0.1) is 0 Å². The number of unbranched alkanes of at least 4 members (excludes halogenated alkanes) is 2. The Morgan fingerprint density at radius 2 is 1.67 bits per heavy atom. The maximum absolute atomic E-state index is 11.8. The molecule has 1 atom stereocenters. The number of rotatable bonds is 10. The first-order valence-electron chi connectivity index (χ1n) is 7.84. The van der Waals surface area contributed by atoms with Crippen molar-refractivity contribution in [1.82, 2.24) is 4.90 Å². The van der Waals surface area contributed by atoms with Crippen LogP contribution in [0.15, 0.2) is 30.3 Å². The van der Waals surface area contributed by atoms with E-state index in [2.05, 4.69) is 18.7 Å². The Morgan fingerprint density at radius 3 is 2.10 bits per heavy atom. The molecule has 0 fully saturated rings. The summed E-state index contributed by atoms with van der Waals surface area (Å²) in [5, 5.41) is 9.63. The molecule has 118 valence electrons. The van der Waals surface area contributed by atoms with Gasteiger partial charge in [-0.15, -0.1) is 0 Å². The SMILES string of the molecule is CCCCN(CCCC)CC(N)(C(=O)O)c1ccccc1. The molecule has 0 heterocycles. The molecule has 1 rings (SSSR count). The summed E-state index contributed by atoms with van der Waals surface area (Å²) in [5.74, 6) is -0.966. The van der Waals surface area contributed by atoms with E-state index in [1.165, 1.54) is 0 Å². The number of carboxylic acid groups (broad SMARTS) is 1. The van der Waals surface area contributed by atoms with Gasteiger partial charge in [0.25, 0.3) is 0 Å². The van der Waals surface area contributed by atoms with Crippen molar-refractivity contribution in [2.75, 3.05) is 19.6 Å². The van der Waals surface area contributed by atoms with Gasteiger partial charge < -0.3 is 15.7 Å². The Labute approximate surface area is 128 Å². The average Bonchev–Trinajstić information content (AvgIpc) is 2.50. The smallest absolute Gasteiger partial charge is 0.329 e. The van der Waals surface area contributed by atoms with E-state index in [0.29, 0.717) is 12.1 Å². The van der Waals surface area contributed by atoms with Gasteiger partial charge in [0.2, 0.25) is 0 Å². The second kappa shape index (κ2) is 8.80. The van der Waals surface area contributed by atoms with Gasteiger partial charge in [-0.05, 0) is 31.5 Å². The monoisotopic (exact) mass is 292 g/mol. The number of nitrogens with two attached hydrogens (primary N) is 1. The molecule has 0 aliphatic heterocycles. The molecule has 4 heteroatoms. The fourth-order valence-electron chi connectivity index (χ4n) is 2.40. The Morgan fingerprint density at radius 1 is 1.14 bits per heavy atom. The van der Waals surface area contributed by atoms with E-state index in [0.717, 1.165) is 38.8 Å². The lowest BCUT2D eigenvalue weighted by atomic mass is 9.90. The van der Waals surface area contributed by atoms with Crippen molar-refractivity contribution in [3.8, 4) is 0 Å². The fraction of sp³-hybridized carbons (Fsp3) is 0.588. The standard InChI is InChI=1S/C17H28N2O2/c1-3-5-12-19(13-6-4-2)14-17(18,16(20)21)15-10-8-7-9-11-15/h7-11H,3-6,12-14,18H2,1-2H3,(H,20,21). The molecule has 0 spiro atoms. The first-order valence-corrected chi connectivity index (χ1v) is 7.84. The van der Waals surface area contributed by atoms with Gasteiger partial charge in [0, 0.05) is 6.54 Å². The molecule has 0 saturated heterocycles. The molecule has 0 amide bonds. The van der Waals surface area contributed by atoms with Crippen molar-refractivity contribution < 1.29 is 9.90 Å². The van der Waals surface area contributed by atoms with Crippen LogP contribution in [0.2, 0.25) is 0 Å². The lowest BCUT2D eigenvalue weighted by Gasteiger charge is -2.32. The quantitative estimate of drug-likeness (QED) is 0.696. The summed E-state index contributed by atoms with van der Waals surface area (Å²) < 4.78 is 0. The van der Waals surface area contributed by atoms with E-state index in [1.54, 1.807) is 12.1 Å². The third kappa shape index (κ3) is 5.14. The number of hydrogen-bond acceptors (Lipinski definition) is 3. The molecular weight excluding hydrogens is 264 g/mol. The molecule has 3 N–H and O–H groups in total. The van der Waals surface area contributed by atoms with Gasteiger partial charge >= 0.3 is 5.97 Å². The summed E-state index contributed by atoms with van der Waals surface area (Å²) in [6.07, 6.45) is 4.32. The fourth-order valence-corrected chi connectivity index (χ4v) is 2.40. The van der Waals surface area contributed by atoms with Gasteiger partial charge in [-0.3, -0.25) is 0 Å². The third-order valence-electron chi connectivity index (χ3n) is 3.80. The molecular formula is C17H28N2O2. The van der Waals surface area contributed by atoms with Crippen molar-refractivity contribution in [1.29, 1.82) is 0 Å². The zero-order chi connectivity index (χ0) is 15.7. The van der Waals surface area contributed by atoms with Crippen LogP contribution in [-0.2, 0) is 10.3 Å². The number of carbonyl (C=O) groups is 1. The van der Waals surface area contributed by atoms with Crippen LogP contribution in [0, 0.1) is 0 Å². The molecule has 0 aliphatic rings. The van der Waals surface area contributed by atoms with E-state index in [4.69, 9.17) is 5.73 Å². The Bertz CT molecular complexity index is 414. The molecule has 4 nitrogen and oxygen atoms in total.